The summed E-state index contributed by atoms with van der Waals surface area (Å²) in [7, 11) is 6.01. The minimum absolute atomic E-state index is 0.342. The van der Waals surface area contributed by atoms with E-state index in [9.17, 15) is 4.79 Å². The number of anilines is 1. The molecule has 0 unspecified atom stereocenters. The molecule has 0 atom stereocenters. The molecule has 10 nitrogen and oxygen atoms in total. The lowest BCUT2D eigenvalue weighted by Crippen LogP contribution is -2.13. The first-order chi connectivity index (χ1) is 13.6. The summed E-state index contributed by atoms with van der Waals surface area (Å²) in [4.78, 5) is 12.8. The van der Waals surface area contributed by atoms with E-state index in [1.54, 1.807) is 30.3 Å². The van der Waals surface area contributed by atoms with Gasteiger partial charge in [-0.1, -0.05) is 0 Å². The summed E-state index contributed by atoms with van der Waals surface area (Å²) in [5.41, 5.74) is 1.45. The quantitative estimate of drug-likeness (QED) is 0.657. The second-order valence-electron chi connectivity index (χ2n) is 5.51. The number of aromatic nitrogens is 4. The van der Waals surface area contributed by atoms with Gasteiger partial charge in [0, 0.05) is 11.3 Å². The Labute approximate surface area is 161 Å². The number of rotatable bonds is 7. The zero-order valence-electron chi connectivity index (χ0n) is 15.8. The van der Waals surface area contributed by atoms with Gasteiger partial charge < -0.3 is 24.3 Å². The smallest absolute Gasteiger partial charge is 0.255 e. The Balaban J connectivity index is 1.92. The third-order valence-electron chi connectivity index (χ3n) is 3.96. The number of hydrogen-bond donors (Lipinski definition) is 1. The fourth-order valence-corrected chi connectivity index (χ4v) is 2.63. The second kappa shape index (κ2) is 8.25. The van der Waals surface area contributed by atoms with Gasteiger partial charge in [-0.3, -0.25) is 4.79 Å². The number of benzene rings is 2. The van der Waals surface area contributed by atoms with Crippen LogP contribution in [0, 0.1) is 0 Å². The number of nitrogens with one attached hydrogen (secondary N) is 1. The van der Waals surface area contributed by atoms with E-state index in [2.05, 4.69) is 20.8 Å². The number of nitrogens with zero attached hydrogens (tertiary/aromatic N) is 4. The number of carbonyl (C=O) groups excluding carboxylic acids is 1. The van der Waals surface area contributed by atoms with Crippen molar-refractivity contribution in [1.82, 2.24) is 20.2 Å². The molecule has 0 bridgehead atoms. The number of amides is 1. The maximum Gasteiger partial charge on any atom is 0.255 e. The zero-order chi connectivity index (χ0) is 20.1. The van der Waals surface area contributed by atoms with Crippen LogP contribution in [0.25, 0.3) is 5.69 Å². The van der Waals surface area contributed by atoms with E-state index >= 15 is 0 Å². The minimum Gasteiger partial charge on any atom is -0.494 e. The van der Waals surface area contributed by atoms with E-state index in [1.165, 1.54) is 39.4 Å². The zero-order valence-corrected chi connectivity index (χ0v) is 15.8. The van der Waals surface area contributed by atoms with E-state index < -0.39 is 0 Å². The van der Waals surface area contributed by atoms with Crippen LogP contribution >= 0.6 is 0 Å². The van der Waals surface area contributed by atoms with Crippen molar-refractivity contribution in [3.8, 4) is 28.7 Å². The predicted molar refractivity (Wildman–Crippen MR) is 99.8 cm³/mol. The maximum atomic E-state index is 12.8. The fraction of sp³-hybridized carbons (Fsp3) is 0.222. The van der Waals surface area contributed by atoms with Crippen molar-refractivity contribution in [2.24, 2.45) is 0 Å². The van der Waals surface area contributed by atoms with E-state index in [-0.39, 0.29) is 5.91 Å². The number of tetrazole rings is 1. The van der Waals surface area contributed by atoms with Crippen LogP contribution in [0.2, 0.25) is 0 Å². The summed E-state index contributed by atoms with van der Waals surface area (Å²) in [6, 6.07) is 8.26. The average molecular weight is 385 g/mol. The molecular weight excluding hydrogens is 366 g/mol. The molecule has 0 saturated heterocycles. The van der Waals surface area contributed by atoms with Crippen LogP contribution in [0.4, 0.5) is 5.69 Å². The largest absolute Gasteiger partial charge is 0.494 e. The lowest BCUT2D eigenvalue weighted by molar-refractivity contribution is 0.102. The van der Waals surface area contributed by atoms with Gasteiger partial charge in [0.25, 0.3) is 5.91 Å². The Morgan fingerprint density at radius 1 is 0.929 bits per heavy atom. The first-order valence-corrected chi connectivity index (χ1v) is 8.14. The summed E-state index contributed by atoms with van der Waals surface area (Å²) in [5, 5.41) is 13.9. The van der Waals surface area contributed by atoms with Crippen molar-refractivity contribution in [2.75, 3.05) is 33.8 Å². The van der Waals surface area contributed by atoms with Gasteiger partial charge in [-0.25, -0.2) is 0 Å². The first kappa shape index (κ1) is 19.0. The molecule has 3 aromatic rings. The number of hydrogen-bond acceptors (Lipinski definition) is 8. The molecule has 0 aliphatic heterocycles. The molecule has 0 fully saturated rings. The van der Waals surface area contributed by atoms with Gasteiger partial charge in [-0.15, -0.1) is 5.10 Å². The summed E-state index contributed by atoms with van der Waals surface area (Å²) in [6.07, 6.45) is 1.43. The normalized spacial score (nSPS) is 10.3. The molecule has 0 aliphatic rings. The average Bonchev–Trinajstić information content (AvgIpc) is 3.27. The highest BCUT2D eigenvalue weighted by Gasteiger charge is 2.18. The van der Waals surface area contributed by atoms with E-state index in [0.717, 1.165) is 0 Å². The van der Waals surface area contributed by atoms with Crippen LogP contribution in [0.5, 0.6) is 23.0 Å². The van der Waals surface area contributed by atoms with Crippen molar-refractivity contribution in [3.63, 3.8) is 0 Å². The predicted octanol–water partition coefficient (Wildman–Crippen LogP) is 1.95. The molecule has 1 heterocycles. The molecule has 2 aromatic carbocycles. The molecule has 1 amide bonds. The molecule has 1 N–H and O–H groups in total. The van der Waals surface area contributed by atoms with Gasteiger partial charge in [0.1, 0.15) is 17.8 Å². The molecular formula is C18H19N5O5. The second-order valence-corrected chi connectivity index (χ2v) is 5.51. The Bertz CT molecular complexity index is 949. The number of methoxy groups -OCH3 is 4. The van der Waals surface area contributed by atoms with Crippen LogP contribution in [0.15, 0.2) is 36.7 Å². The van der Waals surface area contributed by atoms with Crippen LogP contribution in [-0.4, -0.2) is 54.6 Å². The van der Waals surface area contributed by atoms with Gasteiger partial charge in [0.2, 0.25) is 5.75 Å². The minimum atomic E-state index is -0.355. The van der Waals surface area contributed by atoms with Gasteiger partial charge in [-0.05, 0) is 40.8 Å². The topological polar surface area (TPSA) is 110 Å². The standard InChI is InChI=1S/C18H19N5O5/c1-25-14-6-5-12(9-13(14)23-10-19-21-22-23)20-18(24)11-7-15(26-2)17(28-4)16(8-11)27-3/h5-10H,1-4H3,(H,20,24). The number of carbonyl (C=O) groups is 1. The summed E-state index contributed by atoms with van der Waals surface area (Å²) in [6.45, 7) is 0. The highest BCUT2D eigenvalue weighted by molar-refractivity contribution is 6.05. The summed E-state index contributed by atoms with van der Waals surface area (Å²) < 4.78 is 22.6. The van der Waals surface area contributed by atoms with Gasteiger partial charge in [-0.2, -0.15) is 4.68 Å². The van der Waals surface area contributed by atoms with Crippen molar-refractivity contribution in [2.45, 2.75) is 0 Å². The van der Waals surface area contributed by atoms with Crippen LogP contribution < -0.4 is 24.3 Å². The van der Waals surface area contributed by atoms with Crippen LogP contribution in [0.3, 0.4) is 0 Å². The Morgan fingerprint density at radius 3 is 2.14 bits per heavy atom. The summed E-state index contributed by atoms with van der Waals surface area (Å²) >= 11 is 0. The molecule has 1 aromatic heterocycles. The number of ether oxygens (including phenoxy) is 4. The molecule has 0 saturated carbocycles. The van der Waals surface area contributed by atoms with Crippen LogP contribution in [0.1, 0.15) is 10.4 Å². The maximum absolute atomic E-state index is 12.8. The molecule has 3 rings (SSSR count). The van der Waals surface area contributed by atoms with E-state index in [0.29, 0.717) is 39.9 Å². The lowest BCUT2D eigenvalue weighted by atomic mass is 10.1. The third kappa shape index (κ3) is 3.65. The monoisotopic (exact) mass is 385 g/mol. The van der Waals surface area contributed by atoms with Gasteiger partial charge >= 0.3 is 0 Å². The molecule has 0 aliphatic carbocycles. The first-order valence-electron chi connectivity index (χ1n) is 8.14. The van der Waals surface area contributed by atoms with Crippen molar-refractivity contribution in [3.05, 3.63) is 42.2 Å². The van der Waals surface area contributed by atoms with E-state index in [1.807, 2.05) is 0 Å². The molecule has 10 heteroatoms. The van der Waals surface area contributed by atoms with Gasteiger partial charge in [0.05, 0.1) is 28.4 Å². The Kier molecular flexibility index (Phi) is 5.58. The highest BCUT2D eigenvalue weighted by Crippen LogP contribution is 2.38. The molecule has 146 valence electrons. The highest BCUT2D eigenvalue weighted by atomic mass is 16.5. The third-order valence-corrected chi connectivity index (χ3v) is 3.96. The Morgan fingerprint density at radius 2 is 1.61 bits per heavy atom. The van der Waals surface area contributed by atoms with E-state index in [4.69, 9.17) is 18.9 Å². The van der Waals surface area contributed by atoms with Crippen LogP contribution in [-0.2, 0) is 0 Å². The molecule has 0 spiro atoms. The molecule has 0 radical (unpaired) electrons. The SMILES string of the molecule is COc1ccc(NC(=O)c2cc(OC)c(OC)c(OC)c2)cc1-n1cnnn1. The van der Waals surface area contributed by atoms with Crippen molar-refractivity contribution >= 4 is 11.6 Å². The van der Waals surface area contributed by atoms with Crippen molar-refractivity contribution in [1.29, 1.82) is 0 Å². The van der Waals surface area contributed by atoms with Gasteiger partial charge in [0.15, 0.2) is 11.5 Å². The fourth-order valence-electron chi connectivity index (χ4n) is 2.63. The molecule has 28 heavy (non-hydrogen) atoms. The van der Waals surface area contributed by atoms with Crippen molar-refractivity contribution < 1.29 is 23.7 Å². The Hall–Kier alpha value is -3.82. The summed E-state index contributed by atoms with van der Waals surface area (Å²) in [5.74, 6) is 1.38. The lowest BCUT2D eigenvalue weighted by Gasteiger charge is -2.14.